The first-order valence-corrected chi connectivity index (χ1v) is 8.78. The number of ether oxygens (including phenoxy) is 1. The van der Waals surface area contributed by atoms with Gasteiger partial charge in [-0.05, 0) is 24.3 Å². The fourth-order valence-electron chi connectivity index (χ4n) is 2.67. The molecular weight excluding hydrogens is 401 g/mol. The van der Waals surface area contributed by atoms with Crippen LogP contribution in [-0.4, -0.2) is 46.9 Å². The number of hydrogen-bond donors (Lipinski definition) is 1. The molecule has 10 heteroatoms. The fraction of sp³-hybridized carbons (Fsp3) is 0.200. The van der Waals surface area contributed by atoms with Crippen LogP contribution in [0.4, 0.5) is 18.9 Å². The summed E-state index contributed by atoms with van der Waals surface area (Å²) in [6.45, 7) is -0.844. The molecule has 0 saturated heterocycles. The number of halogens is 3. The zero-order valence-electron chi connectivity index (χ0n) is 15.8. The van der Waals surface area contributed by atoms with E-state index in [9.17, 15) is 22.8 Å². The molecule has 156 valence electrons. The van der Waals surface area contributed by atoms with Gasteiger partial charge in [0.1, 0.15) is 6.33 Å². The number of fused-ring (bicyclic) bond motifs is 1. The topological polar surface area (TPSA) is 84.4 Å². The molecule has 0 radical (unpaired) electrons. The summed E-state index contributed by atoms with van der Waals surface area (Å²) in [5, 5.41) is 2.81. The minimum Gasteiger partial charge on any atom is -0.467 e. The van der Waals surface area contributed by atoms with Crippen LogP contribution in [0.1, 0.15) is 5.56 Å². The van der Waals surface area contributed by atoms with Crippen LogP contribution in [0, 0.1) is 0 Å². The van der Waals surface area contributed by atoms with E-state index in [0.29, 0.717) is 10.9 Å². The highest BCUT2D eigenvalue weighted by Crippen LogP contribution is 2.34. The van der Waals surface area contributed by atoms with Crippen molar-refractivity contribution in [3.63, 3.8) is 0 Å². The lowest BCUT2D eigenvalue weighted by atomic mass is 10.1. The quantitative estimate of drug-likeness (QED) is 0.665. The first-order valence-electron chi connectivity index (χ1n) is 8.78. The van der Waals surface area contributed by atoms with Crippen LogP contribution in [0.5, 0.6) is 5.88 Å². The second kappa shape index (κ2) is 8.76. The number of benzene rings is 2. The monoisotopic (exact) mass is 418 g/mol. The highest BCUT2D eigenvalue weighted by Gasteiger charge is 2.33. The maximum atomic E-state index is 13.0. The molecule has 30 heavy (non-hydrogen) atoms. The van der Waals surface area contributed by atoms with E-state index in [1.54, 1.807) is 24.3 Å². The Labute approximate surface area is 169 Å². The Balaban J connectivity index is 1.59. The molecule has 1 heterocycles. The Morgan fingerprint density at radius 1 is 1.07 bits per heavy atom. The number of aromatic nitrogens is 2. The first kappa shape index (κ1) is 21.0. The summed E-state index contributed by atoms with van der Waals surface area (Å²) in [4.78, 5) is 33.5. The Morgan fingerprint density at radius 3 is 2.53 bits per heavy atom. The first-order chi connectivity index (χ1) is 14.3. The van der Waals surface area contributed by atoms with Gasteiger partial charge in [0.15, 0.2) is 6.61 Å². The van der Waals surface area contributed by atoms with Crippen molar-refractivity contribution < 1.29 is 27.5 Å². The number of nitrogens with zero attached hydrogens (tertiary/aromatic N) is 3. The zero-order valence-corrected chi connectivity index (χ0v) is 15.8. The lowest BCUT2D eigenvalue weighted by Gasteiger charge is -2.18. The number of likely N-dealkylation sites (N-methyl/N-ethyl adjacent to an activating group) is 1. The van der Waals surface area contributed by atoms with Crippen LogP contribution >= 0.6 is 0 Å². The number of carbonyl (C=O) groups is 2. The SMILES string of the molecule is CN(CC(=O)Nc1ccccc1C(F)(F)F)C(=O)COc1ncnc2ccccc12. The number of alkyl halides is 3. The third-order valence-electron chi connectivity index (χ3n) is 4.15. The molecule has 0 saturated carbocycles. The average molecular weight is 418 g/mol. The van der Waals surface area contributed by atoms with Crippen molar-refractivity contribution in [1.29, 1.82) is 0 Å². The number of carbonyl (C=O) groups excluding carboxylic acids is 2. The van der Waals surface area contributed by atoms with Gasteiger partial charge in [-0.2, -0.15) is 13.2 Å². The van der Waals surface area contributed by atoms with E-state index < -0.39 is 36.7 Å². The molecule has 0 atom stereocenters. The van der Waals surface area contributed by atoms with E-state index in [-0.39, 0.29) is 11.6 Å². The molecule has 1 N–H and O–H groups in total. The second-order valence-corrected chi connectivity index (χ2v) is 6.33. The van der Waals surface area contributed by atoms with Gasteiger partial charge < -0.3 is 15.0 Å². The maximum absolute atomic E-state index is 13.0. The van der Waals surface area contributed by atoms with Gasteiger partial charge in [0.2, 0.25) is 11.8 Å². The minimum absolute atomic E-state index is 0.214. The summed E-state index contributed by atoms with van der Waals surface area (Å²) < 4.78 is 44.5. The van der Waals surface area contributed by atoms with Gasteiger partial charge in [0, 0.05) is 7.05 Å². The molecule has 0 aliphatic rings. The molecule has 0 aliphatic carbocycles. The van der Waals surface area contributed by atoms with E-state index in [2.05, 4.69) is 15.3 Å². The van der Waals surface area contributed by atoms with Crippen LogP contribution in [0.25, 0.3) is 10.9 Å². The Kier molecular flexibility index (Phi) is 6.14. The maximum Gasteiger partial charge on any atom is 0.418 e. The summed E-state index contributed by atoms with van der Waals surface area (Å²) in [6, 6.07) is 11.7. The molecule has 1 aromatic heterocycles. The van der Waals surface area contributed by atoms with E-state index in [0.717, 1.165) is 17.0 Å². The van der Waals surface area contributed by atoms with Gasteiger partial charge in [-0.15, -0.1) is 0 Å². The summed E-state index contributed by atoms with van der Waals surface area (Å²) in [6.07, 6.45) is -3.31. The summed E-state index contributed by atoms with van der Waals surface area (Å²) in [7, 11) is 1.35. The van der Waals surface area contributed by atoms with E-state index in [4.69, 9.17) is 4.74 Å². The van der Waals surface area contributed by atoms with Crippen molar-refractivity contribution >= 4 is 28.4 Å². The predicted molar refractivity (Wildman–Crippen MR) is 103 cm³/mol. The summed E-state index contributed by atoms with van der Waals surface area (Å²) in [5.41, 5.74) is -0.697. The molecule has 0 fully saturated rings. The Morgan fingerprint density at radius 2 is 1.77 bits per heavy atom. The van der Waals surface area contributed by atoms with Crippen LogP contribution in [0.15, 0.2) is 54.9 Å². The Bertz CT molecular complexity index is 1070. The number of rotatable bonds is 6. The largest absolute Gasteiger partial charge is 0.467 e. The van der Waals surface area contributed by atoms with Gasteiger partial charge in [0.25, 0.3) is 5.91 Å². The van der Waals surface area contributed by atoms with E-state index in [1.165, 1.54) is 25.5 Å². The smallest absolute Gasteiger partial charge is 0.418 e. The van der Waals surface area contributed by atoms with E-state index >= 15 is 0 Å². The summed E-state index contributed by atoms with van der Waals surface area (Å²) in [5.74, 6) is -1.10. The molecule has 0 bridgehead atoms. The third-order valence-corrected chi connectivity index (χ3v) is 4.15. The Hall–Kier alpha value is -3.69. The minimum atomic E-state index is -4.61. The number of amides is 2. The molecule has 2 amide bonds. The molecule has 0 spiro atoms. The lowest BCUT2D eigenvalue weighted by Crippen LogP contribution is -2.38. The average Bonchev–Trinajstić information content (AvgIpc) is 2.71. The molecule has 0 unspecified atom stereocenters. The highest BCUT2D eigenvalue weighted by atomic mass is 19.4. The standard InChI is InChI=1S/C20H17F3N4O3/c1-27(10-17(28)26-16-9-5-3-7-14(16)20(21,22)23)18(29)11-30-19-13-6-2-4-8-15(13)24-12-25-19/h2-9,12H,10-11H2,1H3,(H,26,28). The van der Waals surface area contributed by atoms with E-state index in [1.807, 2.05) is 0 Å². The van der Waals surface area contributed by atoms with Crippen LogP contribution in [-0.2, 0) is 15.8 Å². The second-order valence-electron chi connectivity index (χ2n) is 6.33. The van der Waals surface area contributed by atoms with Gasteiger partial charge >= 0.3 is 6.18 Å². The molecular formula is C20H17F3N4O3. The van der Waals surface area contributed by atoms with Crippen molar-refractivity contribution in [1.82, 2.24) is 14.9 Å². The number of nitrogens with one attached hydrogen (secondary N) is 1. The van der Waals surface area contributed by atoms with Crippen molar-refractivity contribution in [2.75, 3.05) is 25.5 Å². The highest BCUT2D eigenvalue weighted by molar-refractivity contribution is 5.95. The fourth-order valence-corrected chi connectivity index (χ4v) is 2.67. The molecule has 0 aliphatic heterocycles. The van der Waals surface area contributed by atoms with Crippen molar-refractivity contribution in [2.45, 2.75) is 6.18 Å². The van der Waals surface area contributed by atoms with Gasteiger partial charge in [0.05, 0.1) is 28.7 Å². The predicted octanol–water partition coefficient (Wildman–Crippen LogP) is 3.12. The number of anilines is 1. The summed E-state index contributed by atoms with van der Waals surface area (Å²) >= 11 is 0. The van der Waals surface area contributed by atoms with Crippen LogP contribution < -0.4 is 10.1 Å². The zero-order chi connectivity index (χ0) is 21.7. The molecule has 3 aromatic rings. The third kappa shape index (κ3) is 5.02. The van der Waals surface area contributed by atoms with Gasteiger partial charge in [-0.1, -0.05) is 24.3 Å². The van der Waals surface area contributed by atoms with Crippen LogP contribution in [0.3, 0.4) is 0 Å². The van der Waals surface area contributed by atoms with Gasteiger partial charge in [-0.3, -0.25) is 9.59 Å². The van der Waals surface area contributed by atoms with Crippen molar-refractivity contribution in [2.24, 2.45) is 0 Å². The lowest BCUT2D eigenvalue weighted by molar-refractivity contribution is -0.137. The molecule has 3 rings (SSSR count). The molecule has 2 aromatic carbocycles. The van der Waals surface area contributed by atoms with Crippen molar-refractivity contribution in [3.8, 4) is 5.88 Å². The van der Waals surface area contributed by atoms with Crippen molar-refractivity contribution in [3.05, 3.63) is 60.4 Å². The number of hydrogen-bond acceptors (Lipinski definition) is 5. The molecule has 7 nitrogen and oxygen atoms in total. The van der Waals surface area contributed by atoms with Crippen LogP contribution in [0.2, 0.25) is 0 Å². The number of para-hydroxylation sites is 2. The van der Waals surface area contributed by atoms with Gasteiger partial charge in [-0.25, -0.2) is 9.97 Å². The normalized spacial score (nSPS) is 11.2.